The van der Waals surface area contributed by atoms with E-state index in [1.165, 1.54) is 15.9 Å². The molecule has 0 N–H and O–H groups in total. The van der Waals surface area contributed by atoms with Crippen molar-refractivity contribution in [3.63, 3.8) is 0 Å². The van der Waals surface area contributed by atoms with E-state index in [0.717, 1.165) is 10.1 Å². The molecule has 180 valence electrons. The quantitative estimate of drug-likeness (QED) is 0.475. The van der Waals surface area contributed by atoms with Crippen molar-refractivity contribution in [1.29, 1.82) is 0 Å². The van der Waals surface area contributed by atoms with Crippen molar-refractivity contribution in [2.45, 2.75) is 32.9 Å². The molecule has 0 bridgehead atoms. The summed E-state index contributed by atoms with van der Waals surface area (Å²) in [6, 6.07) is 8.81. The van der Waals surface area contributed by atoms with Crippen LogP contribution in [0.15, 0.2) is 45.3 Å². The molecule has 0 radical (unpaired) electrons. The monoisotopic (exact) mass is 485 g/mol. The molecular weight excluding hydrogens is 458 g/mol. The number of hydrogen-bond acceptors (Lipinski definition) is 7. The fourth-order valence-electron chi connectivity index (χ4n) is 4.23. The van der Waals surface area contributed by atoms with Crippen molar-refractivity contribution in [1.82, 2.24) is 14.0 Å². The van der Waals surface area contributed by atoms with Gasteiger partial charge in [-0.1, -0.05) is 12.1 Å². The SMILES string of the molecule is CCOC(=O)C1CCCN(C(=O)Cn2c(=O)n(Cc3ccc(OC)cc3)c(=O)c3sccc32)C1. The van der Waals surface area contributed by atoms with Crippen molar-refractivity contribution in [3.8, 4) is 5.75 Å². The standard InChI is InChI=1S/C24H27N3O6S/c1-3-33-23(30)17-5-4-11-25(14-17)20(28)15-26-19-10-12-34-21(19)22(29)27(24(26)31)13-16-6-8-18(32-2)9-7-16/h6-10,12,17H,3-5,11,13-15H2,1-2H3. The summed E-state index contributed by atoms with van der Waals surface area (Å²) in [6.45, 7) is 2.71. The van der Waals surface area contributed by atoms with E-state index >= 15 is 0 Å². The summed E-state index contributed by atoms with van der Waals surface area (Å²) in [5.74, 6) is -0.251. The van der Waals surface area contributed by atoms with E-state index in [1.807, 2.05) is 0 Å². The number of carbonyl (C=O) groups excluding carboxylic acids is 2. The number of nitrogens with zero attached hydrogens (tertiary/aromatic N) is 3. The number of fused-ring (bicyclic) bond motifs is 1. The number of methoxy groups -OCH3 is 1. The lowest BCUT2D eigenvalue weighted by Gasteiger charge is -2.31. The fraction of sp³-hybridized carbons (Fsp3) is 0.417. The van der Waals surface area contributed by atoms with Gasteiger partial charge in [-0.15, -0.1) is 11.3 Å². The number of esters is 1. The Morgan fingerprint density at radius 3 is 2.59 bits per heavy atom. The summed E-state index contributed by atoms with van der Waals surface area (Å²) >= 11 is 1.24. The van der Waals surface area contributed by atoms with E-state index in [9.17, 15) is 19.2 Å². The lowest BCUT2D eigenvalue weighted by molar-refractivity contribution is -0.151. The molecular formula is C24H27N3O6S. The van der Waals surface area contributed by atoms with Gasteiger partial charge in [0.25, 0.3) is 5.56 Å². The van der Waals surface area contributed by atoms with Gasteiger partial charge in [0.15, 0.2) is 0 Å². The molecule has 1 unspecified atom stereocenters. The summed E-state index contributed by atoms with van der Waals surface area (Å²) in [6.07, 6.45) is 1.36. The minimum atomic E-state index is -0.543. The van der Waals surface area contributed by atoms with Crippen LogP contribution in [0.3, 0.4) is 0 Å². The average molecular weight is 486 g/mol. The van der Waals surface area contributed by atoms with Gasteiger partial charge >= 0.3 is 11.7 Å². The number of hydrogen-bond donors (Lipinski definition) is 0. The first kappa shape index (κ1) is 23.7. The molecule has 1 aromatic carbocycles. The van der Waals surface area contributed by atoms with Gasteiger partial charge in [-0.25, -0.2) is 4.79 Å². The highest BCUT2D eigenvalue weighted by atomic mass is 32.1. The van der Waals surface area contributed by atoms with Crippen molar-refractivity contribution in [2.24, 2.45) is 5.92 Å². The lowest BCUT2D eigenvalue weighted by atomic mass is 9.98. The van der Waals surface area contributed by atoms with Crippen LogP contribution in [0.2, 0.25) is 0 Å². The largest absolute Gasteiger partial charge is 0.497 e. The molecule has 1 saturated heterocycles. The highest BCUT2D eigenvalue weighted by molar-refractivity contribution is 7.17. The minimum Gasteiger partial charge on any atom is -0.497 e. The number of benzene rings is 1. The highest BCUT2D eigenvalue weighted by Crippen LogP contribution is 2.20. The highest BCUT2D eigenvalue weighted by Gasteiger charge is 2.30. The Morgan fingerprint density at radius 2 is 1.88 bits per heavy atom. The summed E-state index contributed by atoms with van der Waals surface area (Å²) in [7, 11) is 1.57. The molecule has 4 rings (SSSR count). The van der Waals surface area contributed by atoms with E-state index in [4.69, 9.17) is 9.47 Å². The average Bonchev–Trinajstić information content (AvgIpc) is 3.35. The minimum absolute atomic E-state index is 0.0817. The molecule has 3 aromatic rings. The van der Waals surface area contributed by atoms with Crippen LogP contribution in [-0.4, -0.2) is 52.7 Å². The molecule has 34 heavy (non-hydrogen) atoms. The summed E-state index contributed by atoms with van der Waals surface area (Å²) < 4.78 is 13.2. The first-order valence-corrected chi connectivity index (χ1v) is 12.1. The number of likely N-dealkylation sites (tertiary alicyclic amines) is 1. The van der Waals surface area contributed by atoms with Crippen molar-refractivity contribution in [3.05, 3.63) is 62.1 Å². The van der Waals surface area contributed by atoms with Crippen LogP contribution in [-0.2, 0) is 27.4 Å². The van der Waals surface area contributed by atoms with E-state index in [-0.39, 0.29) is 43.0 Å². The van der Waals surface area contributed by atoms with Gasteiger partial charge in [-0.05, 0) is 48.9 Å². The molecule has 3 heterocycles. The van der Waals surface area contributed by atoms with Crippen LogP contribution in [0, 0.1) is 5.92 Å². The van der Waals surface area contributed by atoms with Crippen LogP contribution in [0.4, 0.5) is 0 Å². The zero-order valence-corrected chi connectivity index (χ0v) is 20.0. The maximum absolute atomic E-state index is 13.4. The van der Waals surface area contributed by atoms with Crippen molar-refractivity contribution < 1.29 is 19.1 Å². The molecule has 2 aromatic heterocycles. The Balaban J connectivity index is 1.62. The Hall–Kier alpha value is -3.40. The number of thiophene rings is 1. The molecule has 9 nitrogen and oxygen atoms in total. The number of amides is 1. The molecule has 0 aliphatic carbocycles. The van der Waals surface area contributed by atoms with Crippen LogP contribution in [0.5, 0.6) is 5.75 Å². The zero-order valence-electron chi connectivity index (χ0n) is 19.2. The second-order valence-corrected chi connectivity index (χ2v) is 9.09. The third kappa shape index (κ3) is 4.77. The van der Waals surface area contributed by atoms with Crippen LogP contribution in [0.1, 0.15) is 25.3 Å². The molecule has 1 atom stereocenters. The maximum atomic E-state index is 13.4. The van der Waals surface area contributed by atoms with Gasteiger partial charge in [0.2, 0.25) is 5.91 Å². The zero-order chi connectivity index (χ0) is 24.2. The molecule has 1 amide bonds. The predicted molar refractivity (Wildman–Crippen MR) is 128 cm³/mol. The Kier molecular flexibility index (Phi) is 7.16. The number of aromatic nitrogens is 2. The van der Waals surface area contributed by atoms with Crippen molar-refractivity contribution >= 4 is 33.4 Å². The number of ether oxygens (including phenoxy) is 2. The molecule has 1 aliphatic heterocycles. The molecule has 0 spiro atoms. The Morgan fingerprint density at radius 1 is 1.12 bits per heavy atom. The molecule has 0 saturated carbocycles. The van der Waals surface area contributed by atoms with Crippen molar-refractivity contribution in [2.75, 3.05) is 26.8 Å². The number of carbonyl (C=O) groups is 2. The summed E-state index contributed by atoms with van der Waals surface area (Å²) in [5.41, 5.74) is 0.286. The molecule has 1 aliphatic rings. The van der Waals surface area contributed by atoms with Gasteiger partial charge in [0, 0.05) is 13.1 Å². The molecule has 1 fully saturated rings. The Labute approximate surface area is 200 Å². The van der Waals surface area contributed by atoms with Gasteiger partial charge in [0.1, 0.15) is 17.0 Å². The second-order valence-electron chi connectivity index (χ2n) is 8.17. The topological polar surface area (TPSA) is 99.8 Å². The van der Waals surface area contributed by atoms with Gasteiger partial charge < -0.3 is 14.4 Å². The Bertz CT molecular complexity index is 1310. The second kappa shape index (κ2) is 10.3. The van der Waals surface area contributed by atoms with Gasteiger partial charge in [0.05, 0.1) is 31.7 Å². The lowest BCUT2D eigenvalue weighted by Crippen LogP contribution is -2.47. The van der Waals surface area contributed by atoms with Gasteiger partial charge in [-0.3, -0.25) is 23.5 Å². The number of rotatable bonds is 7. The summed E-state index contributed by atoms with van der Waals surface area (Å²) in [4.78, 5) is 53.3. The van der Waals surface area contributed by atoms with Crippen LogP contribution < -0.4 is 16.0 Å². The first-order valence-electron chi connectivity index (χ1n) is 11.2. The molecule has 10 heteroatoms. The fourth-order valence-corrected chi connectivity index (χ4v) is 5.07. The predicted octanol–water partition coefficient (Wildman–Crippen LogP) is 2.08. The van der Waals surface area contributed by atoms with E-state index in [1.54, 1.807) is 54.6 Å². The normalized spacial score (nSPS) is 15.9. The van der Waals surface area contributed by atoms with Crippen LogP contribution in [0.25, 0.3) is 10.2 Å². The number of piperidine rings is 1. The first-order chi connectivity index (χ1) is 16.4. The third-order valence-electron chi connectivity index (χ3n) is 6.02. The smallest absolute Gasteiger partial charge is 0.332 e. The van der Waals surface area contributed by atoms with E-state index in [2.05, 4.69) is 0 Å². The van der Waals surface area contributed by atoms with Gasteiger partial charge in [-0.2, -0.15) is 0 Å². The third-order valence-corrected chi connectivity index (χ3v) is 6.92. The summed E-state index contributed by atoms with van der Waals surface area (Å²) in [5, 5.41) is 1.74. The maximum Gasteiger partial charge on any atom is 0.332 e. The van der Waals surface area contributed by atoms with E-state index in [0.29, 0.717) is 42.0 Å². The van der Waals surface area contributed by atoms with E-state index < -0.39 is 5.69 Å². The van der Waals surface area contributed by atoms with Crippen LogP contribution >= 0.6 is 11.3 Å².